The number of halogens is 2. The van der Waals surface area contributed by atoms with E-state index in [2.05, 4.69) is 5.10 Å². The number of hydrogen-bond donors (Lipinski definition) is 0. The molecule has 0 radical (unpaired) electrons. The van der Waals surface area contributed by atoms with Crippen LogP contribution in [0.3, 0.4) is 0 Å². The van der Waals surface area contributed by atoms with E-state index in [0.717, 1.165) is 4.90 Å². The summed E-state index contributed by atoms with van der Waals surface area (Å²) in [5.41, 5.74) is -0.846. The van der Waals surface area contributed by atoms with E-state index in [1.165, 1.54) is 37.2 Å². The quantitative estimate of drug-likeness (QED) is 0.516. The van der Waals surface area contributed by atoms with Crippen LogP contribution in [0.4, 0.5) is 5.69 Å². The SMILES string of the molecule is COC(=O)C1=NN(C(C)(C)CC(C)=O)C2C(=O)N(c3ccc(Cl)c(Cl)c3)C(=O)C12. The molecular formula is C19H19Cl2N3O5. The third-order valence-corrected chi connectivity index (χ3v) is 5.65. The number of rotatable bonds is 5. The van der Waals surface area contributed by atoms with Crippen LogP contribution < -0.4 is 4.90 Å². The van der Waals surface area contributed by atoms with Gasteiger partial charge in [-0.1, -0.05) is 23.2 Å². The molecule has 154 valence electrons. The van der Waals surface area contributed by atoms with E-state index >= 15 is 0 Å². The number of carbonyl (C=O) groups excluding carboxylic acids is 4. The molecule has 1 aromatic rings. The Hall–Kier alpha value is -2.45. The van der Waals surface area contributed by atoms with E-state index in [1.54, 1.807) is 13.8 Å². The molecule has 2 heterocycles. The number of imide groups is 1. The number of hydrogen-bond acceptors (Lipinski definition) is 7. The fourth-order valence-corrected chi connectivity index (χ4v) is 4.06. The minimum absolute atomic E-state index is 0.0718. The van der Waals surface area contributed by atoms with Crippen LogP contribution in [-0.2, 0) is 23.9 Å². The molecule has 2 aliphatic rings. The monoisotopic (exact) mass is 439 g/mol. The zero-order valence-electron chi connectivity index (χ0n) is 16.2. The third-order valence-electron chi connectivity index (χ3n) is 4.91. The van der Waals surface area contributed by atoms with Crippen LogP contribution >= 0.6 is 23.2 Å². The fourth-order valence-electron chi connectivity index (χ4n) is 3.76. The number of ketones is 1. The van der Waals surface area contributed by atoms with Crippen LogP contribution in [0.25, 0.3) is 0 Å². The van der Waals surface area contributed by atoms with Crippen molar-refractivity contribution in [2.24, 2.45) is 11.0 Å². The summed E-state index contributed by atoms with van der Waals surface area (Å²) in [6.45, 7) is 4.85. The van der Waals surface area contributed by atoms with Gasteiger partial charge in [-0.25, -0.2) is 9.69 Å². The first-order chi connectivity index (χ1) is 13.5. The van der Waals surface area contributed by atoms with Crippen molar-refractivity contribution in [2.75, 3.05) is 12.0 Å². The summed E-state index contributed by atoms with van der Waals surface area (Å²) < 4.78 is 4.76. The second kappa shape index (κ2) is 7.42. The van der Waals surface area contributed by atoms with Gasteiger partial charge in [-0.2, -0.15) is 5.10 Å². The number of amides is 2. The Morgan fingerprint density at radius 1 is 1.17 bits per heavy atom. The van der Waals surface area contributed by atoms with Gasteiger partial charge in [0.05, 0.1) is 28.4 Å². The van der Waals surface area contributed by atoms with Crippen molar-refractivity contribution < 1.29 is 23.9 Å². The van der Waals surface area contributed by atoms with Gasteiger partial charge in [0.1, 0.15) is 17.7 Å². The van der Waals surface area contributed by atoms with Gasteiger partial charge >= 0.3 is 5.97 Å². The molecule has 0 N–H and O–H groups in total. The van der Waals surface area contributed by atoms with E-state index in [9.17, 15) is 19.2 Å². The smallest absolute Gasteiger partial charge is 0.355 e. The molecule has 2 amide bonds. The Balaban J connectivity index is 2.09. The minimum atomic E-state index is -1.14. The molecule has 0 aliphatic carbocycles. The summed E-state index contributed by atoms with van der Waals surface area (Å²) in [6.07, 6.45) is 0.0718. The van der Waals surface area contributed by atoms with Crippen molar-refractivity contribution in [3.8, 4) is 0 Å². The normalized spacial score (nSPS) is 21.4. The molecule has 10 heteroatoms. The number of methoxy groups -OCH3 is 1. The van der Waals surface area contributed by atoms with Crippen LogP contribution in [-0.4, -0.2) is 53.0 Å². The van der Waals surface area contributed by atoms with Gasteiger partial charge in [0.2, 0.25) is 5.91 Å². The third kappa shape index (κ3) is 3.51. The molecule has 0 bridgehead atoms. The van der Waals surface area contributed by atoms with Crippen molar-refractivity contribution in [1.29, 1.82) is 0 Å². The fraction of sp³-hybridized carbons (Fsp3) is 0.421. The molecule has 29 heavy (non-hydrogen) atoms. The predicted molar refractivity (Wildman–Crippen MR) is 107 cm³/mol. The maximum absolute atomic E-state index is 13.3. The number of benzene rings is 1. The van der Waals surface area contributed by atoms with Crippen LogP contribution in [0.15, 0.2) is 23.3 Å². The van der Waals surface area contributed by atoms with Gasteiger partial charge in [-0.05, 0) is 39.0 Å². The van der Waals surface area contributed by atoms with Gasteiger partial charge in [0.15, 0.2) is 5.71 Å². The van der Waals surface area contributed by atoms with Crippen LogP contribution in [0.5, 0.6) is 0 Å². The molecule has 0 spiro atoms. The lowest BCUT2D eigenvalue weighted by molar-refractivity contribution is -0.133. The lowest BCUT2D eigenvalue weighted by atomic mass is 9.92. The Kier molecular flexibility index (Phi) is 5.44. The molecule has 1 saturated heterocycles. The number of ether oxygens (including phenoxy) is 1. The lowest BCUT2D eigenvalue weighted by Crippen LogP contribution is -2.50. The minimum Gasteiger partial charge on any atom is -0.464 e. The largest absolute Gasteiger partial charge is 0.464 e. The van der Waals surface area contributed by atoms with E-state index in [1.807, 2.05) is 0 Å². The van der Waals surface area contributed by atoms with Gasteiger partial charge in [-0.15, -0.1) is 0 Å². The summed E-state index contributed by atoms with van der Waals surface area (Å²) in [5.74, 6) is -3.26. The van der Waals surface area contributed by atoms with E-state index < -0.39 is 35.3 Å². The Morgan fingerprint density at radius 2 is 1.83 bits per heavy atom. The zero-order chi connectivity index (χ0) is 21.7. The van der Waals surface area contributed by atoms with Crippen LogP contribution in [0.2, 0.25) is 10.0 Å². The molecule has 2 aliphatic heterocycles. The number of nitrogens with zero attached hydrogens (tertiary/aromatic N) is 3. The van der Waals surface area contributed by atoms with Crippen molar-refractivity contribution in [3.63, 3.8) is 0 Å². The summed E-state index contributed by atoms with van der Waals surface area (Å²) >= 11 is 12.0. The van der Waals surface area contributed by atoms with E-state index in [4.69, 9.17) is 27.9 Å². The average molecular weight is 440 g/mol. The topological polar surface area (TPSA) is 96.3 Å². The number of hydrazone groups is 1. The van der Waals surface area contributed by atoms with E-state index in [0.29, 0.717) is 0 Å². The number of fused-ring (bicyclic) bond motifs is 1. The molecule has 1 aromatic carbocycles. The average Bonchev–Trinajstić information content (AvgIpc) is 3.14. The summed E-state index contributed by atoms with van der Waals surface area (Å²) in [7, 11) is 1.17. The van der Waals surface area contributed by atoms with Crippen molar-refractivity contribution in [3.05, 3.63) is 28.2 Å². The highest BCUT2D eigenvalue weighted by Crippen LogP contribution is 2.40. The zero-order valence-corrected chi connectivity index (χ0v) is 17.7. The molecule has 0 aromatic heterocycles. The number of carbonyl (C=O) groups is 4. The van der Waals surface area contributed by atoms with Gasteiger partial charge in [0, 0.05) is 6.42 Å². The van der Waals surface area contributed by atoms with Crippen LogP contribution in [0.1, 0.15) is 27.2 Å². The highest BCUT2D eigenvalue weighted by Gasteiger charge is 2.61. The maximum atomic E-state index is 13.3. The van der Waals surface area contributed by atoms with Gasteiger partial charge in [-0.3, -0.25) is 19.4 Å². The van der Waals surface area contributed by atoms with E-state index in [-0.39, 0.29) is 33.6 Å². The Bertz CT molecular complexity index is 959. The molecule has 1 fully saturated rings. The molecule has 0 saturated carbocycles. The first kappa shape index (κ1) is 21.3. The summed E-state index contributed by atoms with van der Waals surface area (Å²) in [4.78, 5) is 51.4. The molecule has 8 nitrogen and oxygen atoms in total. The Labute approximate surface area is 177 Å². The number of Topliss-reactive ketones (excluding diaryl/α,β-unsaturated/α-hetero) is 1. The number of anilines is 1. The highest BCUT2D eigenvalue weighted by atomic mass is 35.5. The number of esters is 1. The van der Waals surface area contributed by atoms with Crippen molar-refractivity contribution in [1.82, 2.24) is 5.01 Å². The van der Waals surface area contributed by atoms with Gasteiger partial charge in [0.25, 0.3) is 5.91 Å². The molecule has 2 unspecified atom stereocenters. The highest BCUT2D eigenvalue weighted by molar-refractivity contribution is 6.47. The maximum Gasteiger partial charge on any atom is 0.355 e. The van der Waals surface area contributed by atoms with Gasteiger partial charge < -0.3 is 4.74 Å². The van der Waals surface area contributed by atoms with Crippen molar-refractivity contribution >= 4 is 58.2 Å². The molecule has 3 rings (SSSR count). The van der Waals surface area contributed by atoms with Crippen molar-refractivity contribution in [2.45, 2.75) is 38.8 Å². The summed E-state index contributed by atoms with van der Waals surface area (Å²) in [6, 6.07) is 3.30. The predicted octanol–water partition coefficient (Wildman–Crippen LogP) is 2.45. The second-order valence-corrected chi connectivity index (χ2v) is 8.36. The first-order valence-electron chi connectivity index (χ1n) is 8.78. The lowest BCUT2D eigenvalue weighted by Gasteiger charge is -2.36. The molecular weight excluding hydrogens is 421 g/mol. The first-order valence-corrected chi connectivity index (χ1v) is 9.53. The second-order valence-electron chi connectivity index (χ2n) is 7.55. The Morgan fingerprint density at radius 3 is 2.38 bits per heavy atom. The van der Waals surface area contributed by atoms with Crippen LogP contribution in [0, 0.1) is 5.92 Å². The standard InChI is InChI=1S/C19H19Cl2N3O5/c1-9(25)8-19(2,3)24-15-13(14(22-24)18(28)29-4)16(26)23(17(15)27)10-5-6-11(20)12(21)7-10/h5-7,13,15H,8H2,1-4H3. The summed E-state index contributed by atoms with van der Waals surface area (Å²) in [5, 5.41) is 6.05. The molecule has 2 atom stereocenters.